The van der Waals surface area contributed by atoms with E-state index >= 15 is 0 Å². The zero-order valence-corrected chi connectivity index (χ0v) is 18.8. The minimum absolute atomic E-state index is 0.0125. The summed E-state index contributed by atoms with van der Waals surface area (Å²) in [5.74, 6) is -2.40. The van der Waals surface area contributed by atoms with Crippen molar-refractivity contribution in [3.8, 4) is 22.5 Å². The van der Waals surface area contributed by atoms with Crippen molar-refractivity contribution in [2.75, 3.05) is 13.2 Å². The number of amides is 1. The van der Waals surface area contributed by atoms with Crippen molar-refractivity contribution in [1.29, 1.82) is 0 Å². The smallest absolute Gasteiger partial charge is 0.270 e. The van der Waals surface area contributed by atoms with Gasteiger partial charge in [0, 0.05) is 30.1 Å². The van der Waals surface area contributed by atoms with Crippen LogP contribution < -0.4 is 5.32 Å². The van der Waals surface area contributed by atoms with Gasteiger partial charge in [0.25, 0.3) is 5.91 Å². The van der Waals surface area contributed by atoms with Gasteiger partial charge < -0.3 is 15.2 Å². The summed E-state index contributed by atoms with van der Waals surface area (Å²) in [6.07, 6.45) is 4.49. The van der Waals surface area contributed by atoms with E-state index in [1.165, 1.54) is 6.07 Å². The highest BCUT2D eigenvalue weighted by molar-refractivity contribution is 6.00. The molecule has 9 heteroatoms. The molecule has 0 radical (unpaired) electrons. The molecule has 2 aromatic heterocycles. The maximum absolute atomic E-state index is 14.7. The molecule has 1 aliphatic heterocycles. The molecule has 34 heavy (non-hydrogen) atoms. The Kier molecular flexibility index (Phi) is 7.54. The van der Waals surface area contributed by atoms with E-state index in [4.69, 9.17) is 4.74 Å². The number of pyridine rings is 1. The van der Waals surface area contributed by atoms with Crippen LogP contribution in [0.25, 0.3) is 22.5 Å². The van der Waals surface area contributed by atoms with Crippen molar-refractivity contribution in [1.82, 2.24) is 20.3 Å². The lowest BCUT2D eigenvalue weighted by molar-refractivity contribution is -0.0582. The van der Waals surface area contributed by atoms with Crippen LogP contribution >= 0.6 is 0 Å². The zero-order chi connectivity index (χ0) is 24.1. The molecule has 4 rings (SSSR count). The van der Waals surface area contributed by atoms with E-state index in [9.17, 15) is 18.7 Å². The Bertz CT molecular complexity index is 1130. The second-order valence-electron chi connectivity index (χ2n) is 8.16. The van der Waals surface area contributed by atoms with E-state index in [0.717, 1.165) is 25.0 Å². The summed E-state index contributed by atoms with van der Waals surface area (Å²) in [5, 5.41) is 12.7. The Morgan fingerprint density at radius 2 is 1.94 bits per heavy atom. The molecule has 178 valence electrons. The SMILES string of the molecule is CCCCNC(=O)c1nc(-c2c(F)cccc2F)nc(C2CCC(O)CO2)c1-c1cccnc1. The largest absolute Gasteiger partial charge is 0.391 e. The number of carbonyl (C=O) groups is 1. The summed E-state index contributed by atoms with van der Waals surface area (Å²) < 4.78 is 35.2. The molecule has 1 amide bonds. The number of carbonyl (C=O) groups excluding carboxylic acids is 1. The van der Waals surface area contributed by atoms with Gasteiger partial charge in [0.15, 0.2) is 5.82 Å². The summed E-state index contributed by atoms with van der Waals surface area (Å²) in [7, 11) is 0. The van der Waals surface area contributed by atoms with Gasteiger partial charge >= 0.3 is 0 Å². The molecule has 2 atom stereocenters. The fourth-order valence-electron chi connectivity index (χ4n) is 3.91. The Morgan fingerprint density at radius 1 is 1.15 bits per heavy atom. The first-order valence-corrected chi connectivity index (χ1v) is 11.3. The number of hydrogen-bond donors (Lipinski definition) is 2. The summed E-state index contributed by atoms with van der Waals surface area (Å²) in [6, 6.07) is 6.96. The molecule has 7 nitrogen and oxygen atoms in total. The van der Waals surface area contributed by atoms with Crippen molar-refractivity contribution in [3.63, 3.8) is 0 Å². The number of aromatic nitrogens is 3. The second kappa shape index (κ2) is 10.8. The number of aliphatic hydroxyl groups is 1. The molecule has 1 saturated heterocycles. The van der Waals surface area contributed by atoms with Gasteiger partial charge in [-0.3, -0.25) is 9.78 Å². The number of unbranched alkanes of at least 4 members (excludes halogenated alkanes) is 1. The zero-order valence-electron chi connectivity index (χ0n) is 18.8. The number of hydrogen-bond acceptors (Lipinski definition) is 6. The van der Waals surface area contributed by atoms with Gasteiger partial charge in [0.2, 0.25) is 0 Å². The molecule has 2 N–H and O–H groups in total. The third kappa shape index (κ3) is 5.10. The molecule has 0 saturated carbocycles. The van der Waals surface area contributed by atoms with Crippen molar-refractivity contribution in [2.24, 2.45) is 0 Å². The van der Waals surface area contributed by atoms with Gasteiger partial charge in [-0.15, -0.1) is 0 Å². The number of rotatable bonds is 7. The number of aliphatic hydroxyl groups excluding tert-OH is 1. The van der Waals surface area contributed by atoms with Crippen LogP contribution in [0.4, 0.5) is 8.78 Å². The molecular weight excluding hydrogens is 442 g/mol. The van der Waals surface area contributed by atoms with Gasteiger partial charge in [-0.05, 0) is 37.5 Å². The lowest BCUT2D eigenvalue weighted by Gasteiger charge is -2.28. The third-order valence-electron chi connectivity index (χ3n) is 5.66. The Morgan fingerprint density at radius 3 is 2.59 bits per heavy atom. The van der Waals surface area contributed by atoms with Crippen LogP contribution in [0, 0.1) is 11.6 Å². The quantitative estimate of drug-likeness (QED) is 0.504. The van der Waals surface area contributed by atoms with Crippen molar-refractivity contribution in [2.45, 2.75) is 44.8 Å². The summed E-state index contributed by atoms with van der Waals surface area (Å²) in [5.41, 5.74) is 0.868. The average molecular weight is 469 g/mol. The van der Waals surface area contributed by atoms with Gasteiger partial charge in [-0.25, -0.2) is 18.7 Å². The minimum Gasteiger partial charge on any atom is -0.391 e. The number of benzene rings is 1. The molecule has 3 heterocycles. The van der Waals surface area contributed by atoms with Crippen molar-refractivity contribution in [3.05, 3.63) is 65.7 Å². The third-order valence-corrected chi connectivity index (χ3v) is 5.66. The van der Waals surface area contributed by atoms with Crippen LogP contribution in [0.2, 0.25) is 0 Å². The van der Waals surface area contributed by atoms with Crippen LogP contribution in [-0.2, 0) is 4.74 Å². The van der Waals surface area contributed by atoms with Crippen molar-refractivity contribution < 1.29 is 23.4 Å². The molecule has 2 unspecified atom stereocenters. The van der Waals surface area contributed by atoms with Crippen LogP contribution in [-0.4, -0.2) is 45.2 Å². The van der Waals surface area contributed by atoms with Crippen LogP contribution in [0.1, 0.15) is 54.9 Å². The molecule has 3 aromatic rings. The molecule has 1 aliphatic rings. The average Bonchev–Trinajstić information content (AvgIpc) is 2.84. The van der Waals surface area contributed by atoms with Gasteiger partial charge in [0.1, 0.15) is 23.4 Å². The van der Waals surface area contributed by atoms with Crippen LogP contribution in [0.15, 0.2) is 42.7 Å². The Balaban J connectivity index is 1.94. The highest BCUT2D eigenvalue weighted by Crippen LogP contribution is 2.37. The highest BCUT2D eigenvalue weighted by atomic mass is 19.1. The Labute approximate surface area is 196 Å². The van der Waals surface area contributed by atoms with Gasteiger partial charge in [-0.1, -0.05) is 25.5 Å². The molecule has 0 bridgehead atoms. The standard InChI is InChI=1S/C25H26F2N4O3/c1-2-3-12-29-25(33)23-20(15-6-5-11-28-13-15)22(19-10-9-16(32)14-34-19)30-24(31-23)21-17(26)7-4-8-18(21)27/h4-8,11,13,16,19,32H,2-3,9-10,12,14H2,1H3,(H,29,33). The molecule has 0 spiro atoms. The maximum Gasteiger partial charge on any atom is 0.270 e. The fraction of sp³-hybridized carbons (Fsp3) is 0.360. The molecule has 0 aliphatic carbocycles. The molecule has 1 fully saturated rings. The van der Waals surface area contributed by atoms with Gasteiger partial charge in [0.05, 0.1) is 24.0 Å². The number of nitrogens with one attached hydrogen (secondary N) is 1. The Hall–Kier alpha value is -3.30. The lowest BCUT2D eigenvalue weighted by Crippen LogP contribution is -2.29. The number of halogens is 2. The normalized spacial score (nSPS) is 18.0. The predicted octanol–water partition coefficient (Wildman–Crippen LogP) is 4.23. The highest BCUT2D eigenvalue weighted by Gasteiger charge is 2.31. The lowest BCUT2D eigenvalue weighted by atomic mass is 9.95. The first-order valence-electron chi connectivity index (χ1n) is 11.3. The van der Waals surface area contributed by atoms with E-state index < -0.39 is 35.3 Å². The predicted molar refractivity (Wildman–Crippen MR) is 122 cm³/mol. The summed E-state index contributed by atoms with van der Waals surface area (Å²) >= 11 is 0. The first-order chi connectivity index (χ1) is 16.5. The number of nitrogens with zero attached hydrogens (tertiary/aromatic N) is 3. The van der Waals surface area contributed by atoms with E-state index in [-0.39, 0.29) is 18.1 Å². The van der Waals surface area contributed by atoms with E-state index in [1.54, 1.807) is 24.5 Å². The second-order valence-corrected chi connectivity index (χ2v) is 8.16. The summed E-state index contributed by atoms with van der Waals surface area (Å²) in [4.78, 5) is 26.3. The minimum atomic E-state index is -0.836. The van der Waals surface area contributed by atoms with Crippen LogP contribution in [0.5, 0.6) is 0 Å². The molecule has 1 aromatic carbocycles. The summed E-state index contributed by atoms with van der Waals surface area (Å²) in [6.45, 7) is 2.52. The maximum atomic E-state index is 14.7. The molecular formula is C25H26F2N4O3. The fourth-order valence-corrected chi connectivity index (χ4v) is 3.91. The van der Waals surface area contributed by atoms with E-state index in [2.05, 4.69) is 20.3 Å². The van der Waals surface area contributed by atoms with Crippen LogP contribution in [0.3, 0.4) is 0 Å². The van der Waals surface area contributed by atoms with E-state index in [0.29, 0.717) is 36.2 Å². The van der Waals surface area contributed by atoms with E-state index in [1.807, 2.05) is 6.92 Å². The monoisotopic (exact) mass is 468 g/mol. The van der Waals surface area contributed by atoms with Gasteiger partial charge in [-0.2, -0.15) is 0 Å². The topological polar surface area (TPSA) is 97.2 Å². The van der Waals surface area contributed by atoms with Crippen molar-refractivity contribution >= 4 is 5.91 Å². The first kappa shape index (κ1) is 23.8. The number of ether oxygens (including phenoxy) is 1.